The fourth-order valence-electron chi connectivity index (χ4n) is 1.92. The summed E-state index contributed by atoms with van der Waals surface area (Å²) in [6.07, 6.45) is 3.28. The summed E-state index contributed by atoms with van der Waals surface area (Å²) in [6, 6.07) is 4.32. The predicted octanol–water partition coefficient (Wildman–Crippen LogP) is 1.84. The number of carbonyl (C=O) groups is 2. The minimum Gasteiger partial charge on any atom is -0.354 e. The van der Waals surface area contributed by atoms with Gasteiger partial charge in [0.1, 0.15) is 5.82 Å². The van der Waals surface area contributed by atoms with Crippen LogP contribution in [0.4, 0.5) is 4.39 Å². The van der Waals surface area contributed by atoms with Crippen molar-refractivity contribution in [2.45, 2.75) is 6.42 Å². The van der Waals surface area contributed by atoms with Gasteiger partial charge in [-0.05, 0) is 24.6 Å². The highest BCUT2D eigenvalue weighted by molar-refractivity contribution is 6.32. The summed E-state index contributed by atoms with van der Waals surface area (Å²) in [5.74, 6) is -1.01. The van der Waals surface area contributed by atoms with E-state index in [1.807, 2.05) is 0 Å². The molecule has 0 atom stereocenters. The maximum absolute atomic E-state index is 13.5. The van der Waals surface area contributed by atoms with Crippen molar-refractivity contribution in [3.8, 4) is 0 Å². The number of nitrogens with one attached hydrogen (secondary N) is 1. The molecule has 0 aliphatic carbocycles. The quantitative estimate of drug-likeness (QED) is 0.847. The molecular weight excluding hydrogens is 283 g/mol. The molecule has 0 aromatic heterocycles. The van der Waals surface area contributed by atoms with Gasteiger partial charge in [0.15, 0.2) is 0 Å². The summed E-state index contributed by atoms with van der Waals surface area (Å²) in [5, 5.41) is 2.92. The van der Waals surface area contributed by atoms with Gasteiger partial charge in [-0.25, -0.2) is 4.39 Å². The van der Waals surface area contributed by atoms with Crippen LogP contribution in [0.25, 0.3) is 6.08 Å². The van der Waals surface area contributed by atoms with Crippen molar-refractivity contribution in [1.29, 1.82) is 0 Å². The molecule has 4 nitrogen and oxygen atoms in total. The SMILES string of the molecule is O=C1CN(C(=O)C=Cc2c(F)cccc2Cl)CCCN1. The van der Waals surface area contributed by atoms with Crippen molar-refractivity contribution in [3.05, 3.63) is 40.7 Å². The summed E-state index contributed by atoms with van der Waals surface area (Å²) < 4.78 is 13.5. The molecule has 1 aromatic carbocycles. The molecule has 1 aliphatic heterocycles. The van der Waals surface area contributed by atoms with Crippen molar-refractivity contribution < 1.29 is 14.0 Å². The molecule has 1 fully saturated rings. The second-order valence-corrected chi connectivity index (χ2v) is 4.84. The van der Waals surface area contributed by atoms with E-state index in [0.717, 1.165) is 0 Å². The van der Waals surface area contributed by atoms with Gasteiger partial charge in [-0.15, -0.1) is 0 Å². The second-order valence-electron chi connectivity index (χ2n) is 4.43. The highest BCUT2D eigenvalue weighted by Gasteiger charge is 2.17. The lowest BCUT2D eigenvalue weighted by molar-refractivity contribution is -0.131. The minimum atomic E-state index is -0.491. The molecule has 0 unspecified atom stereocenters. The monoisotopic (exact) mass is 296 g/mol. The van der Waals surface area contributed by atoms with E-state index in [1.54, 1.807) is 6.07 Å². The third-order valence-corrected chi connectivity index (χ3v) is 3.29. The van der Waals surface area contributed by atoms with Crippen LogP contribution in [-0.2, 0) is 9.59 Å². The number of benzene rings is 1. The molecule has 0 bridgehead atoms. The molecule has 0 spiro atoms. The number of carbonyl (C=O) groups excluding carboxylic acids is 2. The zero-order valence-electron chi connectivity index (χ0n) is 10.7. The Hall–Kier alpha value is -1.88. The lowest BCUT2D eigenvalue weighted by Crippen LogP contribution is -2.36. The van der Waals surface area contributed by atoms with Gasteiger partial charge in [0, 0.05) is 24.7 Å². The van der Waals surface area contributed by atoms with Gasteiger partial charge in [-0.2, -0.15) is 0 Å². The van der Waals surface area contributed by atoms with Crippen molar-refractivity contribution in [1.82, 2.24) is 10.2 Å². The average molecular weight is 297 g/mol. The Morgan fingerprint density at radius 2 is 2.25 bits per heavy atom. The van der Waals surface area contributed by atoms with Crippen molar-refractivity contribution in [2.24, 2.45) is 0 Å². The van der Waals surface area contributed by atoms with Crippen molar-refractivity contribution >= 4 is 29.5 Å². The molecule has 1 heterocycles. The zero-order valence-corrected chi connectivity index (χ0v) is 11.5. The topological polar surface area (TPSA) is 49.4 Å². The van der Waals surface area contributed by atoms with Crippen molar-refractivity contribution in [2.75, 3.05) is 19.6 Å². The number of halogens is 2. The number of nitrogens with zero attached hydrogens (tertiary/aromatic N) is 1. The van der Waals surface area contributed by atoms with Crippen LogP contribution in [-0.4, -0.2) is 36.3 Å². The van der Waals surface area contributed by atoms with Crippen LogP contribution >= 0.6 is 11.6 Å². The number of amides is 2. The third-order valence-electron chi connectivity index (χ3n) is 2.97. The first kappa shape index (κ1) is 14.5. The third kappa shape index (κ3) is 3.57. The maximum atomic E-state index is 13.5. The van der Waals surface area contributed by atoms with Crippen LogP contribution in [0.5, 0.6) is 0 Å². The fourth-order valence-corrected chi connectivity index (χ4v) is 2.15. The van der Waals surface area contributed by atoms with E-state index in [0.29, 0.717) is 19.5 Å². The average Bonchev–Trinajstić information content (AvgIpc) is 2.62. The van der Waals surface area contributed by atoms with Crippen LogP contribution in [0, 0.1) is 5.82 Å². The zero-order chi connectivity index (χ0) is 14.5. The molecule has 0 saturated carbocycles. The van der Waals surface area contributed by atoms with E-state index in [1.165, 1.54) is 29.2 Å². The standard InChI is InChI=1S/C14H14ClFN2O2/c15-11-3-1-4-12(16)10(11)5-6-14(20)18-8-2-7-17-13(19)9-18/h1,3-6H,2,7-9H2,(H,17,19). The Kier molecular flexibility index (Phi) is 4.74. The fraction of sp³-hybridized carbons (Fsp3) is 0.286. The predicted molar refractivity (Wildman–Crippen MR) is 74.7 cm³/mol. The molecule has 6 heteroatoms. The van der Waals surface area contributed by atoms with Crippen LogP contribution < -0.4 is 5.32 Å². The van der Waals surface area contributed by atoms with E-state index >= 15 is 0 Å². The first-order valence-corrected chi connectivity index (χ1v) is 6.63. The number of rotatable bonds is 2. The van der Waals surface area contributed by atoms with Crippen LogP contribution in [0.2, 0.25) is 5.02 Å². The van der Waals surface area contributed by atoms with Gasteiger partial charge < -0.3 is 10.2 Å². The first-order chi connectivity index (χ1) is 9.58. The summed E-state index contributed by atoms with van der Waals surface area (Å²) in [4.78, 5) is 24.8. The van der Waals surface area contributed by atoms with Gasteiger partial charge in [0.2, 0.25) is 11.8 Å². The molecule has 106 valence electrons. The first-order valence-electron chi connectivity index (χ1n) is 6.25. The maximum Gasteiger partial charge on any atom is 0.247 e. The van der Waals surface area contributed by atoms with E-state index in [2.05, 4.69) is 5.32 Å². The van der Waals surface area contributed by atoms with Gasteiger partial charge in [-0.1, -0.05) is 17.7 Å². The molecule has 2 rings (SSSR count). The molecule has 1 N–H and O–H groups in total. The number of hydrogen-bond acceptors (Lipinski definition) is 2. The van der Waals surface area contributed by atoms with Gasteiger partial charge in [0.05, 0.1) is 11.6 Å². The Morgan fingerprint density at radius 3 is 3.00 bits per heavy atom. The van der Waals surface area contributed by atoms with E-state index < -0.39 is 5.82 Å². The summed E-state index contributed by atoms with van der Waals surface area (Å²) in [7, 11) is 0. The van der Waals surface area contributed by atoms with Crippen LogP contribution in [0.3, 0.4) is 0 Å². The van der Waals surface area contributed by atoms with Crippen molar-refractivity contribution in [3.63, 3.8) is 0 Å². The smallest absolute Gasteiger partial charge is 0.247 e. The second kappa shape index (κ2) is 6.52. The van der Waals surface area contributed by atoms with Gasteiger partial charge in [0.25, 0.3) is 0 Å². The lowest BCUT2D eigenvalue weighted by Gasteiger charge is -2.16. The molecule has 0 radical (unpaired) electrons. The highest BCUT2D eigenvalue weighted by Crippen LogP contribution is 2.20. The van der Waals surface area contributed by atoms with E-state index in [-0.39, 0.29) is 28.9 Å². The molecule has 1 saturated heterocycles. The molecular formula is C14H14ClFN2O2. The van der Waals surface area contributed by atoms with Crippen LogP contribution in [0.1, 0.15) is 12.0 Å². The Balaban J connectivity index is 2.10. The summed E-state index contributed by atoms with van der Waals surface area (Å²) >= 11 is 5.87. The molecule has 2 amide bonds. The summed E-state index contributed by atoms with van der Waals surface area (Å²) in [5.41, 5.74) is 0.168. The molecule has 1 aliphatic rings. The number of hydrogen-bond donors (Lipinski definition) is 1. The van der Waals surface area contributed by atoms with Gasteiger partial charge >= 0.3 is 0 Å². The largest absolute Gasteiger partial charge is 0.354 e. The van der Waals surface area contributed by atoms with E-state index in [4.69, 9.17) is 11.6 Å². The summed E-state index contributed by atoms with van der Waals surface area (Å²) in [6.45, 7) is 1.08. The van der Waals surface area contributed by atoms with Gasteiger partial charge in [-0.3, -0.25) is 9.59 Å². The highest BCUT2D eigenvalue weighted by atomic mass is 35.5. The Morgan fingerprint density at radius 1 is 1.45 bits per heavy atom. The van der Waals surface area contributed by atoms with E-state index in [9.17, 15) is 14.0 Å². The minimum absolute atomic E-state index is 0.0220. The Labute approximate surface area is 121 Å². The van der Waals surface area contributed by atoms with Crippen LogP contribution in [0.15, 0.2) is 24.3 Å². The normalized spacial score (nSPS) is 16.1. The Bertz CT molecular complexity index is 540. The molecule has 20 heavy (non-hydrogen) atoms. The lowest BCUT2D eigenvalue weighted by atomic mass is 10.2. The molecule has 1 aromatic rings.